The zero-order chi connectivity index (χ0) is 19.1. The summed E-state index contributed by atoms with van der Waals surface area (Å²) in [5.74, 6) is 0.801. The highest BCUT2D eigenvalue weighted by atomic mass is 79.9. The van der Waals surface area contributed by atoms with Crippen LogP contribution in [0.15, 0.2) is 65.5 Å². The van der Waals surface area contributed by atoms with Gasteiger partial charge in [-0.1, -0.05) is 6.07 Å². The molecule has 1 aromatic carbocycles. The quantitative estimate of drug-likeness (QED) is 0.616. The number of methoxy groups -OCH3 is 1. The van der Waals surface area contributed by atoms with E-state index in [1.807, 2.05) is 42.5 Å². The van der Waals surface area contributed by atoms with Crippen molar-refractivity contribution in [3.63, 3.8) is 0 Å². The molecule has 0 bridgehead atoms. The predicted octanol–water partition coefficient (Wildman–Crippen LogP) is 4.16. The van der Waals surface area contributed by atoms with Gasteiger partial charge in [-0.2, -0.15) is 0 Å². The molecule has 0 radical (unpaired) electrons. The summed E-state index contributed by atoms with van der Waals surface area (Å²) >= 11 is 3.47. The average molecular weight is 426 g/mol. The van der Waals surface area contributed by atoms with Crippen LogP contribution >= 0.6 is 15.9 Å². The first-order valence-electron chi connectivity index (χ1n) is 8.60. The number of carbonyl (C=O) groups is 1. The Bertz CT molecular complexity index is 916. The summed E-state index contributed by atoms with van der Waals surface area (Å²) < 4.78 is 6.11. The Labute approximate surface area is 167 Å². The number of nitrogens with one attached hydrogen (secondary N) is 1. The fourth-order valence-corrected chi connectivity index (χ4v) is 3.27. The molecule has 0 spiro atoms. The van der Waals surface area contributed by atoms with Crippen molar-refractivity contribution >= 4 is 21.8 Å². The third kappa shape index (κ3) is 5.37. The van der Waals surface area contributed by atoms with E-state index >= 15 is 0 Å². The molecule has 1 amide bonds. The number of amides is 1. The van der Waals surface area contributed by atoms with E-state index in [1.165, 1.54) is 0 Å². The van der Waals surface area contributed by atoms with Crippen LogP contribution in [-0.4, -0.2) is 23.0 Å². The number of pyridine rings is 2. The first-order chi connectivity index (χ1) is 13.2. The van der Waals surface area contributed by atoms with Crippen molar-refractivity contribution < 1.29 is 9.53 Å². The van der Waals surface area contributed by atoms with Gasteiger partial charge in [-0.05, 0) is 69.9 Å². The van der Waals surface area contributed by atoms with Gasteiger partial charge in [0, 0.05) is 37.1 Å². The highest BCUT2D eigenvalue weighted by Gasteiger charge is 2.06. The summed E-state index contributed by atoms with van der Waals surface area (Å²) in [7, 11) is 1.63. The molecular weight excluding hydrogens is 406 g/mol. The Hall–Kier alpha value is -2.73. The van der Waals surface area contributed by atoms with E-state index in [1.54, 1.807) is 25.7 Å². The molecule has 0 unspecified atom stereocenters. The van der Waals surface area contributed by atoms with Crippen LogP contribution in [0.2, 0.25) is 0 Å². The lowest BCUT2D eigenvalue weighted by Crippen LogP contribution is -2.23. The minimum Gasteiger partial charge on any atom is -0.496 e. The maximum absolute atomic E-state index is 12.2. The van der Waals surface area contributed by atoms with Crippen molar-refractivity contribution in [3.05, 3.63) is 76.7 Å². The molecule has 0 aliphatic rings. The fourth-order valence-electron chi connectivity index (χ4n) is 2.68. The van der Waals surface area contributed by atoms with Crippen molar-refractivity contribution in [1.82, 2.24) is 15.3 Å². The van der Waals surface area contributed by atoms with E-state index in [0.29, 0.717) is 19.4 Å². The Morgan fingerprint density at radius 1 is 1.07 bits per heavy atom. The number of aromatic nitrogens is 2. The van der Waals surface area contributed by atoms with E-state index in [9.17, 15) is 4.79 Å². The number of aryl methyl sites for hydroxylation is 1. The normalized spacial score (nSPS) is 10.4. The molecule has 3 aromatic rings. The summed E-state index contributed by atoms with van der Waals surface area (Å²) in [6.45, 7) is 0.478. The zero-order valence-corrected chi connectivity index (χ0v) is 16.6. The molecule has 1 N–H and O–H groups in total. The van der Waals surface area contributed by atoms with Crippen LogP contribution in [-0.2, 0) is 17.8 Å². The van der Waals surface area contributed by atoms with E-state index in [0.717, 1.165) is 32.6 Å². The number of hydrogen-bond acceptors (Lipinski definition) is 4. The Morgan fingerprint density at radius 3 is 2.63 bits per heavy atom. The second kappa shape index (κ2) is 9.28. The molecule has 0 fully saturated rings. The van der Waals surface area contributed by atoms with Gasteiger partial charge < -0.3 is 10.1 Å². The smallest absolute Gasteiger partial charge is 0.220 e. The Morgan fingerprint density at radius 2 is 1.89 bits per heavy atom. The van der Waals surface area contributed by atoms with Crippen LogP contribution in [0.5, 0.6) is 5.75 Å². The number of ether oxygens (including phenoxy) is 1. The molecular formula is C21H20BrN3O2. The van der Waals surface area contributed by atoms with Crippen molar-refractivity contribution in [2.75, 3.05) is 7.11 Å². The molecule has 0 saturated carbocycles. The lowest BCUT2D eigenvalue weighted by atomic mass is 10.1. The van der Waals surface area contributed by atoms with E-state index in [4.69, 9.17) is 4.74 Å². The van der Waals surface area contributed by atoms with Gasteiger partial charge in [0.2, 0.25) is 5.91 Å². The lowest BCUT2D eigenvalue weighted by Gasteiger charge is -2.08. The highest BCUT2D eigenvalue weighted by Crippen LogP contribution is 2.26. The first-order valence-corrected chi connectivity index (χ1v) is 9.39. The number of hydrogen-bond donors (Lipinski definition) is 1. The second-order valence-corrected chi connectivity index (χ2v) is 6.89. The lowest BCUT2D eigenvalue weighted by molar-refractivity contribution is -0.121. The van der Waals surface area contributed by atoms with Gasteiger partial charge in [-0.3, -0.25) is 14.8 Å². The summed E-state index contributed by atoms with van der Waals surface area (Å²) in [6, 6.07) is 13.6. The Kier molecular flexibility index (Phi) is 6.54. The van der Waals surface area contributed by atoms with Crippen LogP contribution in [0.1, 0.15) is 17.5 Å². The maximum atomic E-state index is 12.2. The van der Waals surface area contributed by atoms with Gasteiger partial charge >= 0.3 is 0 Å². The van der Waals surface area contributed by atoms with Crippen molar-refractivity contribution in [1.29, 1.82) is 0 Å². The number of rotatable bonds is 7. The molecule has 0 aliphatic carbocycles. The number of halogens is 1. The van der Waals surface area contributed by atoms with Crippen molar-refractivity contribution in [2.45, 2.75) is 19.4 Å². The summed E-state index contributed by atoms with van der Waals surface area (Å²) in [5, 5.41) is 2.97. The molecule has 2 heterocycles. The van der Waals surface area contributed by atoms with Crippen LogP contribution < -0.4 is 10.1 Å². The molecule has 3 rings (SSSR count). The second-order valence-electron chi connectivity index (χ2n) is 6.03. The van der Waals surface area contributed by atoms with Gasteiger partial charge in [0.15, 0.2) is 0 Å². The topological polar surface area (TPSA) is 64.1 Å². The number of nitrogens with zero attached hydrogens (tertiary/aromatic N) is 2. The summed E-state index contributed by atoms with van der Waals surface area (Å²) in [4.78, 5) is 20.6. The molecule has 2 aromatic heterocycles. The summed E-state index contributed by atoms with van der Waals surface area (Å²) in [6.07, 6.45) is 6.34. The van der Waals surface area contributed by atoms with Crippen LogP contribution in [0, 0.1) is 0 Å². The van der Waals surface area contributed by atoms with Gasteiger partial charge in [0.05, 0.1) is 17.3 Å². The summed E-state index contributed by atoms with van der Waals surface area (Å²) in [5.41, 5.74) is 3.97. The van der Waals surface area contributed by atoms with E-state index < -0.39 is 0 Å². The van der Waals surface area contributed by atoms with Gasteiger partial charge in [-0.15, -0.1) is 0 Å². The van der Waals surface area contributed by atoms with Crippen LogP contribution in [0.4, 0.5) is 0 Å². The number of carbonyl (C=O) groups excluding carboxylic acids is 1. The molecule has 6 heteroatoms. The standard InChI is InChI=1S/C21H20BrN3O2/c1-27-20-4-2-15(12-18(20)22)3-5-21(26)25-14-16-6-11-24-19(13-16)17-7-9-23-10-8-17/h2,4,6-13H,3,5,14H2,1H3,(H,25,26). The van der Waals surface area contributed by atoms with Crippen molar-refractivity contribution in [2.24, 2.45) is 0 Å². The fraction of sp³-hybridized carbons (Fsp3) is 0.190. The minimum absolute atomic E-state index is 0.0178. The third-order valence-corrected chi connectivity index (χ3v) is 4.77. The minimum atomic E-state index is 0.0178. The molecule has 0 saturated heterocycles. The molecule has 138 valence electrons. The van der Waals surface area contributed by atoms with Gasteiger partial charge in [-0.25, -0.2) is 0 Å². The third-order valence-electron chi connectivity index (χ3n) is 4.15. The Balaban J connectivity index is 1.53. The monoisotopic (exact) mass is 425 g/mol. The van der Waals surface area contributed by atoms with Crippen LogP contribution in [0.25, 0.3) is 11.3 Å². The van der Waals surface area contributed by atoms with E-state index in [2.05, 4.69) is 31.2 Å². The molecule has 0 aliphatic heterocycles. The van der Waals surface area contributed by atoms with Crippen molar-refractivity contribution in [3.8, 4) is 17.0 Å². The first kappa shape index (κ1) is 19.0. The zero-order valence-electron chi connectivity index (χ0n) is 15.0. The molecule has 5 nitrogen and oxygen atoms in total. The number of benzene rings is 1. The average Bonchev–Trinajstić information content (AvgIpc) is 2.71. The van der Waals surface area contributed by atoms with E-state index in [-0.39, 0.29) is 5.91 Å². The van der Waals surface area contributed by atoms with Gasteiger partial charge in [0.25, 0.3) is 0 Å². The molecule has 0 atom stereocenters. The predicted molar refractivity (Wildman–Crippen MR) is 108 cm³/mol. The van der Waals surface area contributed by atoms with Crippen LogP contribution in [0.3, 0.4) is 0 Å². The SMILES string of the molecule is COc1ccc(CCC(=O)NCc2ccnc(-c3ccncc3)c2)cc1Br. The highest BCUT2D eigenvalue weighted by molar-refractivity contribution is 9.10. The maximum Gasteiger partial charge on any atom is 0.220 e. The van der Waals surface area contributed by atoms with Gasteiger partial charge in [0.1, 0.15) is 5.75 Å². The molecule has 27 heavy (non-hydrogen) atoms. The largest absolute Gasteiger partial charge is 0.496 e.